The average molecular weight is 878 g/mol. The van der Waals surface area contributed by atoms with Crippen molar-refractivity contribution in [3.05, 3.63) is 82.6 Å². The number of benzene rings is 2. The van der Waals surface area contributed by atoms with Gasteiger partial charge in [0.15, 0.2) is 0 Å². The van der Waals surface area contributed by atoms with Gasteiger partial charge in [0.2, 0.25) is 0 Å². The van der Waals surface area contributed by atoms with Crippen LogP contribution in [0.1, 0.15) is 95.0 Å². The average Bonchev–Trinajstić information content (AvgIpc) is 3.96. The van der Waals surface area contributed by atoms with Gasteiger partial charge in [-0.05, 0) is 74.2 Å². The number of likely N-dealkylation sites (N-methyl/N-ethyl adjacent to an activating group) is 1. The summed E-state index contributed by atoms with van der Waals surface area (Å²) in [5.41, 5.74) is 2.06. The molecule has 13 heteroatoms. The minimum absolute atomic E-state index is 0.0296. The number of fused-ring (bicyclic) bond motifs is 6. The molecule has 6 aliphatic rings. The summed E-state index contributed by atoms with van der Waals surface area (Å²) in [6, 6.07) is 11.7. The molecule has 344 valence electrons. The van der Waals surface area contributed by atoms with Crippen LogP contribution in [0, 0.1) is 11.3 Å². The van der Waals surface area contributed by atoms with Crippen molar-refractivity contribution in [2.24, 2.45) is 11.3 Å². The van der Waals surface area contributed by atoms with Crippen LogP contribution in [0.25, 0.3) is 10.9 Å². The molecule has 2 unspecified atom stereocenters. The number of H-pyrrole nitrogens is 1. The van der Waals surface area contributed by atoms with Crippen molar-refractivity contribution < 1.29 is 38.4 Å². The number of alkyl carbamates (subject to hydrolysis) is 1. The Bertz CT molecular complexity index is 2380. The Kier molecular flexibility index (Phi) is 11.7. The summed E-state index contributed by atoms with van der Waals surface area (Å²) in [6.07, 6.45) is 11.0. The predicted octanol–water partition coefficient (Wildman–Crippen LogP) is 6.54. The second-order valence-corrected chi connectivity index (χ2v) is 19.4. The summed E-state index contributed by atoms with van der Waals surface area (Å²) in [7, 11) is 5.12. The smallest absolute Gasteiger partial charge is 0.407 e. The molecule has 1 saturated heterocycles. The SMILES string of the molecule is CCCCCOC(=O)NCC1(O)[C@H](OC(C)=O)[C@]2(CC)C=CCN3CC[C@@]4(c5cc([C@@]6(C(=O)OC)C[C@@H]7C=C(CC)CN(CCc8c6[nH]c6ccccc86)C7)c(OC)cc5N(C)[C@@H]14)[C@@H]32. The number of nitrogens with one attached hydrogen (secondary N) is 2. The molecule has 9 atom stereocenters. The van der Waals surface area contributed by atoms with E-state index < -0.39 is 46.1 Å². The van der Waals surface area contributed by atoms with E-state index in [-0.39, 0.29) is 31.1 Å². The standard InChI is InChI=1S/C51H67N5O8/c1-8-11-14-24-63-47(59)52-31-51(60)44-49(20-23-56-21-15-19-48(10-3,43(49)56)45(51)64-32(4)57)37-26-38(41(61-6)27-40(37)54(44)5)50(46(58)62-7)28-34-25-33(9-2)29-55(30-34)22-18-36-35-16-12-13-17-39(35)53-42(36)50/h12-13,15-17,19,25-27,34,43-45,53,60H,8-11,14,18,20-24,28-31H2,1-7H3,(H,52,59)/t34-,43-,44+,45+,48+,49+,50-,51?/m0/s1. The Hall–Kier alpha value is -4.85. The van der Waals surface area contributed by atoms with Crippen molar-refractivity contribution in [1.29, 1.82) is 0 Å². The minimum atomic E-state index is -1.81. The summed E-state index contributed by atoms with van der Waals surface area (Å²) in [5.74, 6) is -0.302. The molecule has 1 spiro atoms. The number of carbonyl (C=O) groups excluding carboxylic acids is 3. The van der Waals surface area contributed by atoms with E-state index in [1.54, 1.807) is 7.11 Å². The Morgan fingerprint density at radius 1 is 1.03 bits per heavy atom. The number of para-hydroxylation sites is 1. The van der Waals surface area contributed by atoms with Crippen LogP contribution in [0.3, 0.4) is 0 Å². The molecule has 2 bridgehead atoms. The molecular weight excluding hydrogens is 811 g/mol. The van der Waals surface area contributed by atoms with Crippen LogP contribution < -0.4 is 15.0 Å². The molecule has 2 aromatic carbocycles. The van der Waals surface area contributed by atoms with Crippen molar-refractivity contribution in [3.8, 4) is 5.75 Å². The maximum absolute atomic E-state index is 15.4. The number of aromatic nitrogens is 1. The van der Waals surface area contributed by atoms with Crippen LogP contribution in [0.4, 0.5) is 10.5 Å². The third-order valence-corrected chi connectivity index (χ3v) is 16.2. The first-order valence-electron chi connectivity index (χ1n) is 23.6. The molecule has 6 heterocycles. The number of carbonyl (C=O) groups is 3. The quantitative estimate of drug-likeness (QED) is 0.0790. The van der Waals surface area contributed by atoms with E-state index in [0.29, 0.717) is 37.1 Å². The summed E-state index contributed by atoms with van der Waals surface area (Å²) >= 11 is 0. The normalized spacial score (nSPS) is 32.5. The predicted molar refractivity (Wildman–Crippen MR) is 246 cm³/mol. The van der Waals surface area contributed by atoms with Gasteiger partial charge in [-0.1, -0.05) is 75.6 Å². The van der Waals surface area contributed by atoms with Crippen LogP contribution in [0.15, 0.2) is 60.2 Å². The molecule has 1 aliphatic carbocycles. The number of esters is 2. The molecule has 0 radical (unpaired) electrons. The number of unbranched alkanes of at least 4 members (excludes halogenated alkanes) is 2. The molecule has 9 rings (SSSR count). The number of hydrogen-bond acceptors (Lipinski definition) is 11. The van der Waals surface area contributed by atoms with Crippen LogP contribution in [-0.4, -0.2) is 129 Å². The maximum Gasteiger partial charge on any atom is 0.407 e. The number of aromatic amines is 1. The highest BCUT2D eigenvalue weighted by Gasteiger charge is 2.78. The van der Waals surface area contributed by atoms with E-state index in [2.05, 4.69) is 88.3 Å². The molecular formula is C51H67N5O8. The fourth-order valence-corrected chi connectivity index (χ4v) is 13.8. The van der Waals surface area contributed by atoms with Gasteiger partial charge in [0.1, 0.15) is 22.9 Å². The van der Waals surface area contributed by atoms with Crippen molar-refractivity contribution in [2.45, 2.75) is 114 Å². The van der Waals surface area contributed by atoms with Crippen molar-refractivity contribution in [3.63, 3.8) is 0 Å². The topological polar surface area (TPSA) is 146 Å². The first-order valence-corrected chi connectivity index (χ1v) is 23.6. The van der Waals surface area contributed by atoms with Crippen LogP contribution >= 0.6 is 0 Å². The molecule has 2 fully saturated rings. The lowest BCUT2D eigenvalue weighted by molar-refractivity contribution is -0.217. The lowest BCUT2D eigenvalue weighted by Gasteiger charge is -2.64. The fourth-order valence-electron chi connectivity index (χ4n) is 13.8. The van der Waals surface area contributed by atoms with Gasteiger partial charge in [0.05, 0.1) is 33.4 Å². The molecule has 3 aromatic rings. The number of anilines is 1. The van der Waals surface area contributed by atoms with Gasteiger partial charge in [-0.2, -0.15) is 0 Å². The zero-order valence-corrected chi connectivity index (χ0v) is 38.8. The molecule has 5 aliphatic heterocycles. The van der Waals surface area contributed by atoms with Gasteiger partial charge in [-0.3, -0.25) is 19.4 Å². The molecule has 64 heavy (non-hydrogen) atoms. The number of hydrogen-bond donors (Lipinski definition) is 3. The number of methoxy groups -OCH3 is 2. The van der Waals surface area contributed by atoms with Crippen LogP contribution in [-0.2, 0) is 41.1 Å². The molecule has 3 N–H and O–H groups in total. The van der Waals surface area contributed by atoms with Crippen molar-refractivity contribution in [1.82, 2.24) is 20.1 Å². The Morgan fingerprint density at radius 2 is 1.84 bits per heavy atom. The zero-order chi connectivity index (χ0) is 45.2. The highest BCUT2D eigenvalue weighted by Crippen LogP contribution is 2.68. The molecule has 13 nitrogen and oxygen atoms in total. The van der Waals surface area contributed by atoms with E-state index in [4.69, 9.17) is 18.9 Å². The minimum Gasteiger partial charge on any atom is -0.496 e. The van der Waals surface area contributed by atoms with Gasteiger partial charge in [0.25, 0.3) is 0 Å². The Labute approximate surface area is 377 Å². The number of amides is 1. The summed E-state index contributed by atoms with van der Waals surface area (Å²) < 4.78 is 24.5. The lowest BCUT2D eigenvalue weighted by Crippen LogP contribution is -2.81. The number of rotatable bonds is 12. The highest BCUT2D eigenvalue weighted by atomic mass is 16.6. The van der Waals surface area contributed by atoms with Gasteiger partial charge >= 0.3 is 18.0 Å². The fraction of sp³-hybridized carbons (Fsp3) is 0.588. The van der Waals surface area contributed by atoms with Crippen molar-refractivity contribution >= 4 is 34.6 Å². The monoisotopic (exact) mass is 877 g/mol. The van der Waals surface area contributed by atoms with E-state index in [0.717, 1.165) is 91.7 Å². The van der Waals surface area contributed by atoms with E-state index in [1.165, 1.54) is 19.6 Å². The zero-order valence-electron chi connectivity index (χ0n) is 38.8. The largest absolute Gasteiger partial charge is 0.496 e. The maximum atomic E-state index is 15.4. The Morgan fingerprint density at radius 3 is 2.58 bits per heavy atom. The number of nitrogens with zero attached hydrogens (tertiary/aromatic N) is 3. The summed E-state index contributed by atoms with van der Waals surface area (Å²) in [6.45, 7) is 11.8. The van der Waals surface area contributed by atoms with E-state index >= 15 is 4.79 Å². The molecule has 1 aromatic heterocycles. The molecule has 1 amide bonds. The van der Waals surface area contributed by atoms with E-state index in [1.807, 2.05) is 19.2 Å². The van der Waals surface area contributed by atoms with Gasteiger partial charge in [0, 0.05) is 90.9 Å². The van der Waals surface area contributed by atoms with Crippen LogP contribution in [0.2, 0.25) is 0 Å². The molecule has 1 saturated carbocycles. The first-order chi connectivity index (χ1) is 30.9. The third-order valence-electron chi connectivity index (χ3n) is 16.2. The van der Waals surface area contributed by atoms with E-state index in [9.17, 15) is 14.7 Å². The summed E-state index contributed by atoms with van der Waals surface area (Å²) in [4.78, 5) is 53.1. The number of aliphatic hydroxyl groups is 1. The highest BCUT2D eigenvalue weighted by molar-refractivity contribution is 5.94. The first kappa shape index (κ1) is 44.4. The second kappa shape index (κ2) is 16.9. The second-order valence-electron chi connectivity index (χ2n) is 19.4. The third kappa shape index (κ3) is 6.53. The summed E-state index contributed by atoms with van der Waals surface area (Å²) in [5, 5.41) is 17.8. The van der Waals surface area contributed by atoms with Gasteiger partial charge in [-0.25, -0.2) is 4.79 Å². The van der Waals surface area contributed by atoms with Crippen molar-refractivity contribution in [2.75, 3.05) is 72.0 Å². The van der Waals surface area contributed by atoms with Gasteiger partial charge in [-0.15, -0.1) is 0 Å². The van der Waals surface area contributed by atoms with Gasteiger partial charge < -0.3 is 39.3 Å². The number of ether oxygens (including phenoxy) is 4. The Balaban J connectivity index is 1.29. The van der Waals surface area contributed by atoms with Crippen LogP contribution in [0.5, 0.6) is 5.75 Å². The lowest BCUT2D eigenvalue weighted by atomic mass is 9.47.